The van der Waals surface area contributed by atoms with Crippen LogP contribution in [0.25, 0.3) is 6.08 Å². The molecule has 1 aromatic carbocycles. The number of carbonyl (C=O) groups excluding carboxylic acids is 1. The third-order valence-corrected chi connectivity index (χ3v) is 5.31. The Labute approximate surface area is 167 Å². The van der Waals surface area contributed by atoms with Crippen molar-refractivity contribution in [3.05, 3.63) is 82.9 Å². The number of benzene rings is 1. The lowest BCUT2D eigenvalue weighted by Gasteiger charge is -2.32. The minimum Gasteiger partial charge on any atom is -0.452 e. The van der Waals surface area contributed by atoms with E-state index >= 15 is 0 Å². The van der Waals surface area contributed by atoms with E-state index in [2.05, 4.69) is 45.2 Å². The number of hydrogen-bond acceptors (Lipinski definition) is 2. The van der Waals surface area contributed by atoms with E-state index in [1.165, 1.54) is 30.4 Å². The highest BCUT2D eigenvalue weighted by Crippen LogP contribution is 2.40. The molecule has 0 saturated carbocycles. The second-order valence-electron chi connectivity index (χ2n) is 8.18. The quantitative estimate of drug-likeness (QED) is 0.571. The number of anilines is 1. The third-order valence-electron chi connectivity index (χ3n) is 5.31. The smallest absolute Gasteiger partial charge is 0.291 e. The van der Waals surface area contributed by atoms with Crippen LogP contribution in [0.2, 0.25) is 0 Å². The van der Waals surface area contributed by atoms with Crippen molar-refractivity contribution in [3.63, 3.8) is 0 Å². The molecule has 0 spiro atoms. The van der Waals surface area contributed by atoms with Gasteiger partial charge >= 0.3 is 0 Å². The van der Waals surface area contributed by atoms with Gasteiger partial charge in [-0.15, -0.1) is 0 Å². The Bertz CT molecular complexity index is 926. The van der Waals surface area contributed by atoms with E-state index in [9.17, 15) is 4.79 Å². The molecular weight excluding hydrogens is 346 g/mol. The van der Waals surface area contributed by atoms with Crippen LogP contribution in [0.15, 0.2) is 75.8 Å². The van der Waals surface area contributed by atoms with E-state index in [0.717, 1.165) is 11.3 Å². The number of allylic oxidation sites excluding steroid dienone is 5. The molecule has 0 bridgehead atoms. The van der Waals surface area contributed by atoms with Gasteiger partial charge in [-0.25, -0.2) is 0 Å². The summed E-state index contributed by atoms with van der Waals surface area (Å²) in [5.74, 6) is 0.733. The molecule has 28 heavy (non-hydrogen) atoms. The van der Waals surface area contributed by atoms with Crippen LogP contribution in [0.3, 0.4) is 0 Å². The van der Waals surface area contributed by atoms with E-state index in [1.807, 2.05) is 42.5 Å². The normalized spacial score (nSPS) is 17.2. The zero-order valence-corrected chi connectivity index (χ0v) is 17.2. The Hall–Kier alpha value is -2.81. The molecule has 1 amide bonds. The average Bonchev–Trinajstić information content (AvgIpc) is 3.10. The van der Waals surface area contributed by atoms with Gasteiger partial charge in [0.15, 0.2) is 5.76 Å². The summed E-state index contributed by atoms with van der Waals surface area (Å²) in [5, 5.41) is 2.83. The molecule has 0 aliphatic heterocycles. The monoisotopic (exact) mass is 375 g/mol. The number of amides is 1. The Morgan fingerprint density at radius 1 is 1.14 bits per heavy atom. The maximum atomic E-state index is 12.3. The van der Waals surface area contributed by atoms with Crippen molar-refractivity contribution in [2.24, 2.45) is 5.41 Å². The summed E-state index contributed by atoms with van der Waals surface area (Å²) in [7, 11) is 0. The summed E-state index contributed by atoms with van der Waals surface area (Å²) in [6, 6.07) is 12.9. The van der Waals surface area contributed by atoms with Gasteiger partial charge in [-0.3, -0.25) is 4.79 Å². The van der Waals surface area contributed by atoms with Gasteiger partial charge in [-0.2, -0.15) is 0 Å². The fraction of sp³-hybridized carbons (Fsp3) is 0.320. The molecule has 1 N–H and O–H groups in total. The van der Waals surface area contributed by atoms with Crippen molar-refractivity contribution in [1.82, 2.24) is 0 Å². The van der Waals surface area contributed by atoms with Crippen molar-refractivity contribution in [2.75, 3.05) is 5.32 Å². The molecule has 1 aliphatic carbocycles. The van der Waals surface area contributed by atoms with Crippen LogP contribution in [0.4, 0.5) is 5.69 Å². The number of hydrogen-bond donors (Lipinski definition) is 1. The summed E-state index contributed by atoms with van der Waals surface area (Å²) in [5.41, 5.74) is 4.99. The molecule has 0 saturated heterocycles. The topological polar surface area (TPSA) is 42.2 Å². The van der Waals surface area contributed by atoms with Crippen LogP contribution in [0, 0.1) is 5.41 Å². The average molecular weight is 376 g/mol. The van der Waals surface area contributed by atoms with Crippen LogP contribution in [0.1, 0.15) is 63.3 Å². The summed E-state index contributed by atoms with van der Waals surface area (Å²) in [6.07, 6.45) is 10.0. The number of nitrogens with one attached hydrogen (secondary N) is 1. The predicted octanol–water partition coefficient (Wildman–Crippen LogP) is 7.02. The number of rotatable bonds is 5. The lowest BCUT2D eigenvalue weighted by Crippen LogP contribution is -2.19. The molecule has 0 atom stereocenters. The van der Waals surface area contributed by atoms with Crippen LogP contribution in [-0.4, -0.2) is 5.91 Å². The summed E-state index contributed by atoms with van der Waals surface area (Å²) >= 11 is 0. The van der Waals surface area contributed by atoms with Crippen molar-refractivity contribution in [3.8, 4) is 0 Å². The van der Waals surface area contributed by atoms with Crippen molar-refractivity contribution >= 4 is 17.7 Å². The first-order valence-electron chi connectivity index (χ1n) is 9.88. The van der Waals surface area contributed by atoms with Gasteiger partial charge in [-0.1, -0.05) is 49.8 Å². The van der Waals surface area contributed by atoms with Gasteiger partial charge in [0, 0.05) is 5.69 Å². The Morgan fingerprint density at radius 2 is 1.89 bits per heavy atom. The van der Waals surface area contributed by atoms with Gasteiger partial charge in [0.2, 0.25) is 0 Å². The van der Waals surface area contributed by atoms with Crippen molar-refractivity contribution in [1.29, 1.82) is 0 Å². The second-order valence-corrected chi connectivity index (χ2v) is 8.18. The highest BCUT2D eigenvalue weighted by molar-refractivity contribution is 6.02. The van der Waals surface area contributed by atoms with Crippen LogP contribution in [0.5, 0.6) is 0 Å². The molecule has 1 heterocycles. The van der Waals surface area contributed by atoms with Gasteiger partial charge < -0.3 is 9.73 Å². The molecule has 3 rings (SSSR count). The zero-order chi connectivity index (χ0) is 20.1. The van der Waals surface area contributed by atoms with E-state index < -0.39 is 0 Å². The first kappa shape index (κ1) is 19.9. The predicted molar refractivity (Wildman–Crippen MR) is 116 cm³/mol. The number of carbonyl (C=O) groups is 1. The van der Waals surface area contributed by atoms with Crippen LogP contribution >= 0.6 is 0 Å². The molecule has 1 aromatic heterocycles. The maximum Gasteiger partial charge on any atom is 0.291 e. The fourth-order valence-electron chi connectivity index (χ4n) is 3.76. The highest BCUT2D eigenvalue weighted by atomic mass is 16.3. The van der Waals surface area contributed by atoms with Gasteiger partial charge in [0.1, 0.15) is 5.76 Å². The largest absolute Gasteiger partial charge is 0.452 e. The minimum atomic E-state index is -0.246. The summed E-state index contributed by atoms with van der Waals surface area (Å²) in [6.45, 7) is 8.93. The summed E-state index contributed by atoms with van der Waals surface area (Å²) in [4.78, 5) is 12.3. The van der Waals surface area contributed by atoms with Gasteiger partial charge in [-0.05, 0) is 80.0 Å². The van der Waals surface area contributed by atoms with E-state index in [4.69, 9.17) is 4.42 Å². The molecule has 3 nitrogen and oxygen atoms in total. The maximum absolute atomic E-state index is 12.3. The van der Waals surface area contributed by atoms with E-state index in [0.29, 0.717) is 11.5 Å². The highest BCUT2D eigenvalue weighted by Gasteiger charge is 2.26. The summed E-state index contributed by atoms with van der Waals surface area (Å²) < 4.78 is 5.71. The number of para-hydroxylation sites is 1. The zero-order valence-electron chi connectivity index (χ0n) is 17.2. The lowest BCUT2D eigenvalue weighted by atomic mass is 9.72. The standard InChI is InChI=1S/C25H29NO2/c1-18(12-14-22-19(2)9-8-16-25(22,3)4)17-21-13-15-23(28-21)24(27)26-20-10-6-5-7-11-20/h5-7,10-15,17H,8-9,16H2,1-4H3,(H,26,27)/b14-12?,18-17+. The van der Waals surface area contributed by atoms with Crippen LogP contribution in [-0.2, 0) is 0 Å². The molecule has 3 heteroatoms. The van der Waals surface area contributed by atoms with Crippen LogP contribution < -0.4 is 5.32 Å². The molecule has 2 aromatic rings. The molecule has 146 valence electrons. The van der Waals surface area contributed by atoms with Crippen molar-refractivity contribution in [2.45, 2.75) is 47.0 Å². The number of furan rings is 1. The first-order valence-corrected chi connectivity index (χ1v) is 9.88. The van der Waals surface area contributed by atoms with Gasteiger partial charge in [0.05, 0.1) is 0 Å². The second kappa shape index (κ2) is 8.47. The van der Waals surface area contributed by atoms with E-state index in [1.54, 1.807) is 6.07 Å². The van der Waals surface area contributed by atoms with Crippen molar-refractivity contribution < 1.29 is 9.21 Å². The first-order chi connectivity index (χ1) is 13.3. The fourth-order valence-corrected chi connectivity index (χ4v) is 3.76. The molecule has 1 aliphatic rings. The Kier molecular flexibility index (Phi) is 6.03. The molecule has 0 unspecified atom stereocenters. The Balaban J connectivity index is 1.69. The van der Waals surface area contributed by atoms with E-state index in [-0.39, 0.29) is 11.3 Å². The third kappa shape index (κ3) is 4.92. The molecule has 0 fully saturated rings. The SMILES string of the molecule is CC1=C(C=C/C(C)=C/c2ccc(C(=O)Nc3ccccc3)o2)C(C)(C)CCC1. The minimum absolute atomic E-state index is 0.229. The molecule has 0 radical (unpaired) electrons. The Morgan fingerprint density at radius 3 is 2.61 bits per heavy atom. The van der Waals surface area contributed by atoms with Gasteiger partial charge in [0.25, 0.3) is 5.91 Å². The molecular formula is C25H29NO2. The lowest BCUT2D eigenvalue weighted by molar-refractivity contribution is 0.0996.